The first kappa shape index (κ1) is 10.8. The topological polar surface area (TPSA) is 21.8 Å². The Morgan fingerprint density at radius 3 is 2.47 bits per heavy atom. The van der Waals surface area contributed by atoms with E-state index in [0.29, 0.717) is 11.5 Å². The Labute approximate surface area is 104 Å². The molecular weight excluding hydrogens is 212 g/mol. The Bertz CT molecular complexity index is 390. The predicted molar refractivity (Wildman–Crippen MR) is 65.9 cm³/mol. The molecule has 2 heteroatoms. The van der Waals surface area contributed by atoms with Crippen LogP contribution in [0.1, 0.15) is 59.8 Å². The van der Waals surface area contributed by atoms with E-state index in [9.17, 15) is 0 Å². The van der Waals surface area contributed by atoms with Crippen LogP contribution in [-0.4, -0.2) is 22.9 Å². The largest absolute Gasteiger partial charge is 0.365 e. The lowest BCUT2D eigenvalue weighted by Gasteiger charge is -2.53. The smallest absolute Gasteiger partial charge is 0.121 e. The molecule has 2 aliphatic heterocycles. The maximum absolute atomic E-state index is 6.70. The van der Waals surface area contributed by atoms with Crippen molar-refractivity contribution < 1.29 is 9.47 Å². The minimum atomic E-state index is 0.00926. The molecule has 2 bridgehead atoms. The summed E-state index contributed by atoms with van der Waals surface area (Å²) in [5.41, 5.74) is 0.426. The van der Waals surface area contributed by atoms with Crippen LogP contribution in [0.4, 0.5) is 0 Å². The van der Waals surface area contributed by atoms with Crippen LogP contribution in [0.3, 0.4) is 0 Å². The second-order valence-corrected chi connectivity index (χ2v) is 7.79. The quantitative estimate of drug-likeness (QED) is 0.602. The molecule has 0 aromatic rings. The minimum Gasteiger partial charge on any atom is -0.365 e. The van der Waals surface area contributed by atoms with Crippen molar-refractivity contribution in [1.82, 2.24) is 0 Å². The molecule has 17 heavy (non-hydrogen) atoms. The highest BCUT2D eigenvalue weighted by molar-refractivity contribution is 5.28. The molecule has 1 spiro atoms. The molecule has 2 nitrogen and oxygen atoms in total. The minimum absolute atomic E-state index is 0.00926. The zero-order valence-electron chi connectivity index (χ0n) is 11.5. The van der Waals surface area contributed by atoms with Crippen LogP contribution in [0, 0.1) is 11.3 Å². The number of rotatable bonds is 0. The molecule has 0 aromatic heterocycles. The molecule has 2 aliphatic carbocycles. The van der Waals surface area contributed by atoms with Crippen LogP contribution in [0.15, 0.2) is 0 Å². The van der Waals surface area contributed by atoms with Crippen LogP contribution in [0.5, 0.6) is 0 Å². The molecule has 3 unspecified atom stereocenters. The third kappa shape index (κ3) is 0.986. The first-order valence-corrected chi connectivity index (χ1v) is 7.21. The standard InChI is InChI=1S/C15H24O2/c1-12(2)10-5-7-13(3)8-6-11-14(4,16-11)15(13,9-10)17-12/h10-11H,5-9H2,1-4H3/t10?,11?,13-,14+,15?/m1/s1. The van der Waals surface area contributed by atoms with Gasteiger partial charge in [-0.15, -0.1) is 0 Å². The summed E-state index contributed by atoms with van der Waals surface area (Å²) in [6.07, 6.45) is 6.89. The van der Waals surface area contributed by atoms with Gasteiger partial charge in [0, 0.05) is 0 Å². The average molecular weight is 236 g/mol. The van der Waals surface area contributed by atoms with Crippen LogP contribution in [0.2, 0.25) is 0 Å². The van der Waals surface area contributed by atoms with Gasteiger partial charge in [0.25, 0.3) is 0 Å². The summed E-state index contributed by atoms with van der Waals surface area (Å²) >= 11 is 0. The Hall–Kier alpha value is -0.0800. The fourth-order valence-electron chi connectivity index (χ4n) is 5.31. The number of ether oxygens (including phenoxy) is 2. The lowest BCUT2D eigenvalue weighted by Crippen LogP contribution is -2.60. The van der Waals surface area contributed by atoms with Crippen molar-refractivity contribution in [2.75, 3.05) is 0 Å². The van der Waals surface area contributed by atoms with Crippen molar-refractivity contribution in [2.24, 2.45) is 11.3 Å². The van der Waals surface area contributed by atoms with Gasteiger partial charge in [-0.25, -0.2) is 0 Å². The van der Waals surface area contributed by atoms with Crippen molar-refractivity contribution in [3.05, 3.63) is 0 Å². The molecule has 4 rings (SSSR count). The first-order valence-electron chi connectivity index (χ1n) is 7.21. The highest BCUT2D eigenvalue weighted by Gasteiger charge is 2.79. The number of hydrogen-bond donors (Lipinski definition) is 0. The molecular formula is C15H24O2. The first-order chi connectivity index (χ1) is 7.83. The van der Waals surface area contributed by atoms with Crippen LogP contribution in [-0.2, 0) is 9.47 Å². The van der Waals surface area contributed by atoms with Gasteiger partial charge in [-0.3, -0.25) is 0 Å². The third-order valence-electron chi connectivity index (χ3n) is 6.68. The van der Waals surface area contributed by atoms with Gasteiger partial charge in [0.15, 0.2) is 0 Å². The third-order valence-corrected chi connectivity index (χ3v) is 6.68. The lowest BCUT2D eigenvalue weighted by atomic mass is 9.52. The average Bonchev–Trinajstić information content (AvgIpc) is 2.84. The molecule has 2 saturated carbocycles. The summed E-state index contributed by atoms with van der Waals surface area (Å²) in [5, 5.41) is 0. The zero-order chi connectivity index (χ0) is 12.1. The molecule has 5 atom stereocenters. The fraction of sp³-hybridized carbons (Fsp3) is 1.00. The molecule has 96 valence electrons. The second-order valence-electron chi connectivity index (χ2n) is 7.79. The van der Waals surface area contributed by atoms with E-state index in [-0.39, 0.29) is 16.8 Å². The summed E-state index contributed by atoms with van der Waals surface area (Å²) in [7, 11) is 0. The number of fused-ring (bicyclic) bond motifs is 2. The van der Waals surface area contributed by atoms with Gasteiger partial charge in [-0.05, 0) is 64.2 Å². The molecule has 4 aliphatic rings. The summed E-state index contributed by atoms with van der Waals surface area (Å²) in [6.45, 7) is 9.33. The Kier molecular flexibility index (Phi) is 1.65. The van der Waals surface area contributed by atoms with E-state index < -0.39 is 0 Å². The normalized spacial score (nSPS) is 62.8. The van der Waals surface area contributed by atoms with Gasteiger partial charge < -0.3 is 9.47 Å². The molecule has 0 N–H and O–H groups in total. The van der Waals surface area contributed by atoms with Gasteiger partial charge in [-0.1, -0.05) is 6.92 Å². The molecule has 2 saturated heterocycles. The van der Waals surface area contributed by atoms with E-state index in [2.05, 4.69) is 27.7 Å². The van der Waals surface area contributed by atoms with Gasteiger partial charge in [0.05, 0.1) is 11.7 Å². The van der Waals surface area contributed by atoms with E-state index in [1.807, 2.05) is 0 Å². The monoisotopic (exact) mass is 236 g/mol. The van der Waals surface area contributed by atoms with Gasteiger partial charge in [0.2, 0.25) is 0 Å². The Morgan fingerprint density at radius 1 is 1.00 bits per heavy atom. The predicted octanol–water partition coefficient (Wildman–Crippen LogP) is 3.29. The van der Waals surface area contributed by atoms with Crippen molar-refractivity contribution in [1.29, 1.82) is 0 Å². The van der Waals surface area contributed by atoms with Gasteiger partial charge >= 0.3 is 0 Å². The Balaban J connectivity index is 1.86. The maximum atomic E-state index is 6.70. The van der Waals surface area contributed by atoms with Crippen molar-refractivity contribution >= 4 is 0 Å². The number of epoxide rings is 1. The summed E-state index contributed by atoms with van der Waals surface area (Å²) in [5.74, 6) is 0.732. The fourth-order valence-corrected chi connectivity index (χ4v) is 5.31. The maximum Gasteiger partial charge on any atom is 0.121 e. The molecule has 0 amide bonds. The van der Waals surface area contributed by atoms with E-state index >= 15 is 0 Å². The van der Waals surface area contributed by atoms with Gasteiger partial charge in [-0.2, -0.15) is 0 Å². The highest BCUT2D eigenvalue weighted by atomic mass is 16.7. The zero-order valence-corrected chi connectivity index (χ0v) is 11.5. The van der Waals surface area contributed by atoms with Crippen LogP contribution in [0.25, 0.3) is 0 Å². The van der Waals surface area contributed by atoms with Crippen molar-refractivity contribution in [2.45, 2.75) is 82.7 Å². The Morgan fingerprint density at radius 2 is 1.71 bits per heavy atom. The molecule has 2 heterocycles. The highest BCUT2D eigenvalue weighted by Crippen LogP contribution is 2.72. The molecule has 0 aromatic carbocycles. The molecule has 0 radical (unpaired) electrons. The summed E-state index contributed by atoms with van der Waals surface area (Å²) < 4.78 is 12.8. The van der Waals surface area contributed by atoms with E-state index in [1.165, 1.54) is 32.1 Å². The second kappa shape index (κ2) is 2.60. The van der Waals surface area contributed by atoms with E-state index in [4.69, 9.17) is 9.47 Å². The summed E-state index contributed by atoms with van der Waals surface area (Å²) in [4.78, 5) is 0. The van der Waals surface area contributed by atoms with Crippen LogP contribution < -0.4 is 0 Å². The van der Waals surface area contributed by atoms with E-state index in [0.717, 1.165) is 5.92 Å². The van der Waals surface area contributed by atoms with Crippen molar-refractivity contribution in [3.8, 4) is 0 Å². The van der Waals surface area contributed by atoms with E-state index in [1.54, 1.807) is 0 Å². The SMILES string of the molecule is CC1(C)OC23CC1CC[C@]2(C)CCC1O[C@@]13C. The van der Waals surface area contributed by atoms with Crippen LogP contribution >= 0.6 is 0 Å². The molecule has 4 fully saturated rings. The van der Waals surface area contributed by atoms with Gasteiger partial charge in [0.1, 0.15) is 11.2 Å². The number of hydrogen-bond acceptors (Lipinski definition) is 2. The van der Waals surface area contributed by atoms with Crippen molar-refractivity contribution in [3.63, 3.8) is 0 Å². The summed E-state index contributed by atoms with van der Waals surface area (Å²) in [6, 6.07) is 0. The lowest BCUT2D eigenvalue weighted by molar-refractivity contribution is -0.189.